The van der Waals surface area contributed by atoms with Gasteiger partial charge in [-0.15, -0.1) is 11.3 Å². The molecule has 0 aliphatic carbocycles. The molecule has 1 unspecified atom stereocenters. The highest BCUT2D eigenvalue weighted by molar-refractivity contribution is 7.16. The lowest BCUT2D eigenvalue weighted by Gasteiger charge is -2.05. The van der Waals surface area contributed by atoms with E-state index in [9.17, 15) is 4.79 Å². The van der Waals surface area contributed by atoms with Gasteiger partial charge in [0.2, 0.25) is 0 Å². The summed E-state index contributed by atoms with van der Waals surface area (Å²) < 4.78 is 0.736. The number of carbonyl (C=O) groups is 1. The number of thiophene rings is 1. The van der Waals surface area contributed by atoms with Crippen LogP contribution >= 0.6 is 22.9 Å². The molecule has 2 nitrogen and oxygen atoms in total. The van der Waals surface area contributed by atoms with Crippen LogP contribution in [-0.2, 0) is 11.2 Å². The summed E-state index contributed by atoms with van der Waals surface area (Å²) in [5.41, 5.74) is 5.45. The van der Waals surface area contributed by atoms with E-state index >= 15 is 0 Å². The fourth-order valence-electron chi connectivity index (χ4n) is 1.19. The van der Waals surface area contributed by atoms with Gasteiger partial charge in [-0.05, 0) is 24.6 Å². The minimum Gasteiger partial charge on any atom is -0.330 e. The van der Waals surface area contributed by atoms with Gasteiger partial charge in [-0.2, -0.15) is 0 Å². The van der Waals surface area contributed by atoms with Crippen molar-refractivity contribution in [2.24, 2.45) is 11.7 Å². The molecule has 1 aromatic heterocycles. The number of carbonyl (C=O) groups excluding carboxylic acids is 1. The highest BCUT2D eigenvalue weighted by Crippen LogP contribution is 2.22. The van der Waals surface area contributed by atoms with E-state index in [2.05, 4.69) is 0 Å². The Bertz CT molecular complexity index is 311. The zero-order valence-electron chi connectivity index (χ0n) is 8.13. The second kappa shape index (κ2) is 5.49. The Balaban J connectivity index is 2.41. The van der Waals surface area contributed by atoms with Crippen molar-refractivity contribution in [2.75, 3.05) is 6.54 Å². The minimum absolute atomic E-state index is 0.237. The van der Waals surface area contributed by atoms with Crippen molar-refractivity contribution in [3.05, 3.63) is 21.3 Å². The first kappa shape index (κ1) is 11.7. The second-order valence-corrected chi connectivity index (χ2v) is 5.27. The van der Waals surface area contributed by atoms with Crippen molar-refractivity contribution in [2.45, 2.75) is 19.8 Å². The molecule has 0 bridgehead atoms. The third-order valence-electron chi connectivity index (χ3n) is 1.98. The molecule has 1 aromatic rings. The van der Waals surface area contributed by atoms with Gasteiger partial charge in [0.15, 0.2) is 0 Å². The molecule has 14 heavy (non-hydrogen) atoms. The Morgan fingerprint density at radius 2 is 2.36 bits per heavy atom. The molecule has 1 atom stereocenters. The van der Waals surface area contributed by atoms with E-state index in [0.717, 1.165) is 9.21 Å². The molecule has 0 radical (unpaired) electrons. The SMILES string of the molecule is CC(CN)CC(=O)Cc1ccc(Cl)s1. The second-order valence-electron chi connectivity index (χ2n) is 3.47. The van der Waals surface area contributed by atoms with Crippen LogP contribution in [0.15, 0.2) is 12.1 Å². The summed E-state index contributed by atoms with van der Waals surface area (Å²) in [5, 5.41) is 0. The quantitative estimate of drug-likeness (QED) is 0.846. The number of rotatable bonds is 5. The van der Waals surface area contributed by atoms with Crippen LogP contribution < -0.4 is 5.73 Å². The van der Waals surface area contributed by atoms with E-state index in [-0.39, 0.29) is 11.7 Å². The maximum absolute atomic E-state index is 11.5. The molecule has 1 heterocycles. The highest BCUT2D eigenvalue weighted by atomic mass is 35.5. The molecule has 0 aromatic carbocycles. The average molecular weight is 232 g/mol. The molecule has 4 heteroatoms. The minimum atomic E-state index is 0.237. The number of hydrogen-bond donors (Lipinski definition) is 1. The van der Waals surface area contributed by atoms with Crippen LogP contribution in [0.1, 0.15) is 18.2 Å². The summed E-state index contributed by atoms with van der Waals surface area (Å²) in [6.45, 7) is 2.55. The summed E-state index contributed by atoms with van der Waals surface area (Å²) in [4.78, 5) is 12.5. The molecule has 0 spiro atoms. The summed E-state index contributed by atoms with van der Waals surface area (Å²) >= 11 is 7.23. The van der Waals surface area contributed by atoms with Crippen LogP contribution in [0.25, 0.3) is 0 Å². The zero-order valence-corrected chi connectivity index (χ0v) is 9.70. The van der Waals surface area contributed by atoms with Crippen LogP contribution in [0.4, 0.5) is 0 Å². The monoisotopic (exact) mass is 231 g/mol. The van der Waals surface area contributed by atoms with Gasteiger partial charge < -0.3 is 5.73 Å². The van der Waals surface area contributed by atoms with Crippen molar-refractivity contribution >= 4 is 28.7 Å². The Labute approximate surface area is 93.1 Å². The maximum Gasteiger partial charge on any atom is 0.138 e. The fourth-order valence-corrected chi connectivity index (χ4v) is 2.30. The van der Waals surface area contributed by atoms with Crippen LogP contribution in [0.5, 0.6) is 0 Å². The van der Waals surface area contributed by atoms with E-state index in [1.807, 2.05) is 19.1 Å². The van der Waals surface area contributed by atoms with E-state index in [1.54, 1.807) is 0 Å². The summed E-state index contributed by atoms with van der Waals surface area (Å²) in [6, 6.07) is 3.72. The first-order valence-electron chi connectivity index (χ1n) is 4.57. The van der Waals surface area contributed by atoms with E-state index < -0.39 is 0 Å². The summed E-state index contributed by atoms with van der Waals surface area (Å²) in [5.74, 6) is 0.513. The van der Waals surface area contributed by atoms with Gasteiger partial charge in [-0.1, -0.05) is 18.5 Å². The van der Waals surface area contributed by atoms with Crippen LogP contribution in [0.2, 0.25) is 4.34 Å². The Kier molecular flexibility index (Phi) is 4.58. The molecule has 78 valence electrons. The highest BCUT2D eigenvalue weighted by Gasteiger charge is 2.09. The molecular formula is C10H14ClNOS. The molecular weight excluding hydrogens is 218 g/mol. The van der Waals surface area contributed by atoms with Crippen molar-refractivity contribution in [3.8, 4) is 0 Å². The molecule has 0 aliphatic heterocycles. The summed E-state index contributed by atoms with van der Waals surface area (Å²) in [6.07, 6.45) is 1.05. The number of ketones is 1. The van der Waals surface area contributed by atoms with E-state index in [4.69, 9.17) is 17.3 Å². The fraction of sp³-hybridized carbons (Fsp3) is 0.500. The third-order valence-corrected chi connectivity index (χ3v) is 3.21. The largest absolute Gasteiger partial charge is 0.330 e. The molecule has 0 aliphatic rings. The molecule has 0 saturated heterocycles. The van der Waals surface area contributed by atoms with Crippen LogP contribution in [0, 0.1) is 5.92 Å². The normalized spacial score (nSPS) is 12.8. The Hall–Kier alpha value is -0.380. The zero-order chi connectivity index (χ0) is 10.6. The first-order valence-corrected chi connectivity index (χ1v) is 5.77. The van der Waals surface area contributed by atoms with Crippen molar-refractivity contribution < 1.29 is 4.79 Å². The van der Waals surface area contributed by atoms with E-state index in [1.165, 1.54) is 11.3 Å². The number of hydrogen-bond acceptors (Lipinski definition) is 3. The Morgan fingerprint density at radius 3 is 2.86 bits per heavy atom. The lowest BCUT2D eigenvalue weighted by Crippen LogP contribution is -2.15. The number of halogens is 1. The topological polar surface area (TPSA) is 43.1 Å². The maximum atomic E-state index is 11.5. The predicted octanol–water partition coefficient (Wildman–Crippen LogP) is 2.50. The van der Waals surface area contributed by atoms with Crippen LogP contribution in [0.3, 0.4) is 0 Å². The predicted molar refractivity (Wildman–Crippen MR) is 60.9 cm³/mol. The van der Waals surface area contributed by atoms with Gasteiger partial charge in [0, 0.05) is 17.7 Å². The standard InChI is InChI=1S/C10H14ClNOS/c1-7(6-12)4-8(13)5-9-2-3-10(11)14-9/h2-3,7H,4-6,12H2,1H3. The smallest absolute Gasteiger partial charge is 0.138 e. The molecule has 1 rings (SSSR count). The van der Waals surface area contributed by atoms with Crippen molar-refractivity contribution in [1.82, 2.24) is 0 Å². The van der Waals surface area contributed by atoms with Gasteiger partial charge in [-0.3, -0.25) is 4.79 Å². The van der Waals surface area contributed by atoms with Crippen LogP contribution in [-0.4, -0.2) is 12.3 Å². The van der Waals surface area contributed by atoms with Gasteiger partial charge in [0.1, 0.15) is 5.78 Å². The lowest BCUT2D eigenvalue weighted by molar-refractivity contribution is -0.119. The van der Waals surface area contributed by atoms with Crippen molar-refractivity contribution in [1.29, 1.82) is 0 Å². The first-order chi connectivity index (χ1) is 6.61. The molecule has 0 amide bonds. The molecule has 0 saturated carbocycles. The van der Waals surface area contributed by atoms with Crippen molar-refractivity contribution in [3.63, 3.8) is 0 Å². The van der Waals surface area contributed by atoms with Gasteiger partial charge in [0.05, 0.1) is 4.34 Å². The summed E-state index contributed by atoms with van der Waals surface area (Å²) in [7, 11) is 0. The molecule has 2 N–H and O–H groups in total. The Morgan fingerprint density at radius 1 is 1.64 bits per heavy atom. The van der Waals surface area contributed by atoms with Gasteiger partial charge in [-0.25, -0.2) is 0 Å². The molecule has 0 fully saturated rings. The lowest BCUT2D eigenvalue weighted by atomic mass is 10.0. The van der Waals surface area contributed by atoms with E-state index in [0.29, 0.717) is 19.4 Å². The number of Topliss-reactive ketones (excluding diaryl/α,β-unsaturated/α-hetero) is 1. The van der Waals surface area contributed by atoms with Gasteiger partial charge in [0.25, 0.3) is 0 Å². The van der Waals surface area contributed by atoms with Gasteiger partial charge >= 0.3 is 0 Å². The average Bonchev–Trinajstić information content (AvgIpc) is 2.50. The third kappa shape index (κ3) is 3.78. The number of nitrogens with two attached hydrogens (primary N) is 1.